The van der Waals surface area contributed by atoms with Crippen LogP contribution in [0.5, 0.6) is 0 Å². The van der Waals surface area contributed by atoms with E-state index >= 15 is 0 Å². The van der Waals surface area contributed by atoms with E-state index in [1.807, 2.05) is 0 Å². The van der Waals surface area contributed by atoms with Gasteiger partial charge in [0.15, 0.2) is 0 Å². The Morgan fingerprint density at radius 2 is 1.89 bits per heavy atom. The number of nitrogens with zero attached hydrogens (tertiary/aromatic N) is 4. The lowest BCUT2D eigenvalue weighted by atomic mass is 9.62. The minimum absolute atomic E-state index is 0.0551. The Hall–Kier alpha value is -2.48. The van der Waals surface area contributed by atoms with Crippen molar-refractivity contribution in [2.45, 2.75) is 37.5 Å². The maximum Gasteiger partial charge on any atom is 0.314 e. The summed E-state index contributed by atoms with van der Waals surface area (Å²) in [6.07, 6.45) is 3.60. The Bertz CT molecular complexity index is 957. The van der Waals surface area contributed by atoms with Crippen LogP contribution in [-0.4, -0.2) is 20.2 Å². The van der Waals surface area contributed by atoms with E-state index < -0.39 is 18.1 Å². The van der Waals surface area contributed by atoms with Gasteiger partial charge in [0.25, 0.3) is 11.8 Å². The summed E-state index contributed by atoms with van der Waals surface area (Å²) in [5.41, 5.74) is 1.16. The van der Waals surface area contributed by atoms with E-state index in [0.717, 1.165) is 24.8 Å². The highest BCUT2D eigenvalue weighted by atomic mass is 35.5. The Morgan fingerprint density at radius 1 is 1.15 bits per heavy atom. The molecule has 9 heteroatoms. The molecule has 0 radical (unpaired) electrons. The van der Waals surface area contributed by atoms with E-state index in [0.29, 0.717) is 17.8 Å². The number of rotatable bonds is 5. The van der Waals surface area contributed by atoms with Crippen molar-refractivity contribution in [3.8, 4) is 11.5 Å². The summed E-state index contributed by atoms with van der Waals surface area (Å²) in [6.45, 7) is 0. The van der Waals surface area contributed by atoms with Gasteiger partial charge >= 0.3 is 6.43 Å². The minimum atomic E-state index is -2.83. The standard InChI is InChI=1S/C18H14ClF3N4O/c19-12-6-11(2-3-13(12)20)18(4-1-5-18)7-14-23-8-10(9-24-14)16-25-26-17(27-16)15(21)22/h2-3,6,8-9,15H,1,4-5,7H2. The molecule has 1 aromatic carbocycles. The third-order valence-corrected chi connectivity index (χ3v) is 5.21. The van der Waals surface area contributed by atoms with Crippen molar-refractivity contribution in [2.24, 2.45) is 0 Å². The van der Waals surface area contributed by atoms with Crippen molar-refractivity contribution in [1.29, 1.82) is 0 Å². The van der Waals surface area contributed by atoms with Gasteiger partial charge in [-0.2, -0.15) is 8.78 Å². The molecule has 0 N–H and O–H groups in total. The van der Waals surface area contributed by atoms with Crippen LogP contribution in [0.3, 0.4) is 0 Å². The molecule has 2 heterocycles. The second-order valence-electron chi connectivity index (χ2n) is 6.57. The molecule has 2 aromatic heterocycles. The molecule has 0 bridgehead atoms. The molecule has 1 aliphatic rings. The maximum absolute atomic E-state index is 13.5. The van der Waals surface area contributed by atoms with Gasteiger partial charge in [-0.3, -0.25) is 0 Å². The summed E-state index contributed by atoms with van der Waals surface area (Å²) in [6, 6.07) is 4.78. The average Bonchev–Trinajstić information content (AvgIpc) is 3.12. The molecule has 1 aliphatic carbocycles. The van der Waals surface area contributed by atoms with Gasteiger partial charge in [-0.1, -0.05) is 24.1 Å². The Morgan fingerprint density at radius 3 is 2.44 bits per heavy atom. The van der Waals surface area contributed by atoms with Gasteiger partial charge in [-0.25, -0.2) is 14.4 Å². The first-order valence-electron chi connectivity index (χ1n) is 8.35. The van der Waals surface area contributed by atoms with E-state index in [1.165, 1.54) is 18.5 Å². The predicted octanol–water partition coefficient (Wildman–Crippen LogP) is 4.92. The molecule has 0 spiro atoms. The number of aromatic nitrogens is 4. The smallest absolute Gasteiger partial charge is 0.314 e. The first-order valence-corrected chi connectivity index (χ1v) is 8.73. The molecule has 3 aromatic rings. The fraction of sp³-hybridized carbons (Fsp3) is 0.333. The van der Waals surface area contributed by atoms with Crippen LogP contribution in [0.25, 0.3) is 11.5 Å². The summed E-state index contributed by atoms with van der Waals surface area (Å²) in [4.78, 5) is 8.62. The zero-order valence-electron chi connectivity index (χ0n) is 14.0. The zero-order chi connectivity index (χ0) is 19.0. The Labute approximate surface area is 157 Å². The topological polar surface area (TPSA) is 64.7 Å². The summed E-state index contributed by atoms with van der Waals surface area (Å²) in [7, 11) is 0. The number of hydrogen-bond donors (Lipinski definition) is 0. The summed E-state index contributed by atoms with van der Waals surface area (Å²) in [5.74, 6) is -0.651. The van der Waals surface area contributed by atoms with Gasteiger partial charge in [0.1, 0.15) is 11.6 Å². The molecule has 140 valence electrons. The van der Waals surface area contributed by atoms with Crippen LogP contribution in [0.2, 0.25) is 5.02 Å². The number of hydrogen-bond acceptors (Lipinski definition) is 5. The van der Waals surface area contributed by atoms with E-state index in [2.05, 4.69) is 20.2 Å². The summed E-state index contributed by atoms with van der Waals surface area (Å²) in [5, 5.41) is 6.96. The number of benzene rings is 1. The van der Waals surface area contributed by atoms with Crippen LogP contribution in [0.15, 0.2) is 35.0 Å². The summed E-state index contributed by atoms with van der Waals surface area (Å²) < 4.78 is 43.5. The van der Waals surface area contributed by atoms with Crippen molar-refractivity contribution in [1.82, 2.24) is 20.2 Å². The molecule has 0 aliphatic heterocycles. The molecule has 0 unspecified atom stereocenters. The molecule has 0 saturated heterocycles. The highest BCUT2D eigenvalue weighted by molar-refractivity contribution is 6.30. The molecular formula is C18H14ClF3N4O. The second-order valence-corrected chi connectivity index (χ2v) is 6.98. The van der Waals surface area contributed by atoms with Gasteiger partial charge in [0, 0.05) is 24.2 Å². The average molecular weight is 395 g/mol. The predicted molar refractivity (Wildman–Crippen MR) is 90.9 cm³/mol. The van der Waals surface area contributed by atoms with Crippen molar-refractivity contribution in [2.75, 3.05) is 0 Å². The van der Waals surface area contributed by atoms with Gasteiger partial charge in [0.2, 0.25) is 0 Å². The van der Waals surface area contributed by atoms with Crippen LogP contribution in [0.4, 0.5) is 13.2 Å². The Kier molecular flexibility index (Phi) is 4.59. The quantitative estimate of drug-likeness (QED) is 0.614. The third-order valence-electron chi connectivity index (χ3n) is 4.92. The van der Waals surface area contributed by atoms with Crippen LogP contribution in [0, 0.1) is 5.82 Å². The lowest BCUT2D eigenvalue weighted by Gasteiger charge is -2.42. The van der Waals surface area contributed by atoms with Gasteiger partial charge < -0.3 is 4.42 Å². The molecule has 4 rings (SSSR count). The van der Waals surface area contributed by atoms with E-state index in [9.17, 15) is 13.2 Å². The highest BCUT2D eigenvalue weighted by Gasteiger charge is 2.39. The van der Waals surface area contributed by atoms with Gasteiger partial charge in [-0.15, -0.1) is 10.2 Å². The normalized spacial score (nSPS) is 15.7. The van der Waals surface area contributed by atoms with Gasteiger partial charge in [0.05, 0.1) is 10.6 Å². The van der Waals surface area contributed by atoms with Crippen LogP contribution >= 0.6 is 11.6 Å². The first-order chi connectivity index (χ1) is 13.0. The van der Waals surface area contributed by atoms with Crippen LogP contribution in [0.1, 0.15) is 43.0 Å². The molecule has 1 saturated carbocycles. The lowest BCUT2D eigenvalue weighted by Crippen LogP contribution is -2.37. The third kappa shape index (κ3) is 3.41. The molecule has 5 nitrogen and oxygen atoms in total. The Balaban J connectivity index is 1.55. The van der Waals surface area contributed by atoms with Crippen molar-refractivity contribution in [3.05, 3.63) is 58.7 Å². The van der Waals surface area contributed by atoms with E-state index in [4.69, 9.17) is 16.0 Å². The van der Waals surface area contributed by atoms with Crippen LogP contribution in [-0.2, 0) is 11.8 Å². The molecule has 0 atom stereocenters. The number of alkyl halides is 2. The van der Waals surface area contributed by atoms with Crippen LogP contribution < -0.4 is 0 Å². The molecule has 1 fully saturated rings. The fourth-order valence-corrected chi connectivity index (χ4v) is 3.48. The van der Waals surface area contributed by atoms with Gasteiger partial charge in [-0.05, 0) is 30.5 Å². The monoisotopic (exact) mass is 394 g/mol. The molecule has 27 heavy (non-hydrogen) atoms. The first kappa shape index (κ1) is 17.9. The largest absolute Gasteiger partial charge is 0.415 e. The minimum Gasteiger partial charge on any atom is -0.415 e. The van der Waals surface area contributed by atoms with Crippen molar-refractivity contribution in [3.63, 3.8) is 0 Å². The van der Waals surface area contributed by atoms with E-state index in [-0.39, 0.29) is 16.3 Å². The molecule has 0 amide bonds. The van der Waals surface area contributed by atoms with Crippen molar-refractivity contribution < 1.29 is 17.6 Å². The second kappa shape index (κ2) is 6.92. The summed E-state index contributed by atoms with van der Waals surface area (Å²) >= 11 is 5.93. The molecular weight excluding hydrogens is 381 g/mol. The SMILES string of the molecule is Fc1ccc(C2(Cc3ncc(-c4nnc(C(F)F)o4)cn3)CCC2)cc1Cl. The number of halogens is 4. The zero-order valence-corrected chi connectivity index (χ0v) is 14.8. The fourth-order valence-electron chi connectivity index (χ4n) is 3.30. The highest BCUT2D eigenvalue weighted by Crippen LogP contribution is 2.46. The maximum atomic E-state index is 13.5. The lowest BCUT2D eigenvalue weighted by molar-refractivity contribution is 0.116. The van der Waals surface area contributed by atoms with Crippen molar-refractivity contribution >= 4 is 11.6 Å². The van der Waals surface area contributed by atoms with E-state index in [1.54, 1.807) is 12.1 Å².